The third kappa shape index (κ3) is 8.24. The van der Waals surface area contributed by atoms with Gasteiger partial charge < -0.3 is 15.0 Å². The van der Waals surface area contributed by atoms with Crippen LogP contribution in [0.25, 0.3) is 0 Å². The maximum atomic E-state index is 11.8. The van der Waals surface area contributed by atoms with Gasteiger partial charge in [0.15, 0.2) is 6.61 Å². The van der Waals surface area contributed by atoms with Crippen molar-refractivity contribution in [2.45, 2.75) is 40.0 Å². The van der Waals surface area contributed by atoms with Crippen molar-refractivity contribution in [3.8, 4) is 5.75 Å². The third-order valence-electron chi connectivity index (χ3n) is 3.57. The highest BCUT2D eigenvalue weighted by molar-refractivity contribution is 5.77. The molecular weight excluding hydrogens is 292 g/mol. The molecule has 0 heterocycles. The molecule has 0 saturated carbocycles. The summed E-state index contributed by atoms with van der Waals surface area (Å²) in [4.78, 5) is 25.1. The van der Waals surface area contributed by atoms with Crippen LogP contribution in [0.2, 0.25) is 0 Å². The Kier molecular flexibility index (Phi) is 8.80. The number of amides is 2. The zero-order chi connectivity index (χ0) is 17.1. The smallest absolute Gasteiger partial charge is 0.258 e. The molecule has 5 nitrogen and oxygen atoms in total. The second kappa shape index (κ2) is 10.6. The van der Waals surface area contributed by atoms with Crippen LogP contribution in [0.4, 0.5) is 0 Å². The normalized spacial score (nSPS) is 10.2. The summed E-state index contributed by atoms with van der Waals surface area (Å²) >= 11 is 0. The van der Waals surface area contributed by atoms with Gasteiger partial charge in [-0.3, -0.25) is 9.59 Å². The average Bonchev–Trinajstić information content (AvgIpc) is 2.53. The highest BCUT2D eigenvalue weighted by Crippen LogP contribution is 2.10. The Morgan fingerprint density at radius 1 is 1.13 bits per heavy atom. The number of nitrogens with zero attached hydrogens (tertiary/aromatic N) is 1. The predicted molar refractivity (Wildman–Crippen MR) is 91.5 cm³/mol. The molecular formula is C18H28N2O3. The number of nitrogens with one attached hydrogen (secondary N) is 1. The fourth-order valence-electron chi connectivity index (χ4n) is 2.14. The second-order valence-corrected chi connectivity index (χ2v) is 5.66. The van der Waals surface area contributed by atoms with E-state index in [2.05, 4.69) is 12.2 Å². The Labute approximate surface area is 139 Å². The van der Waals surface area contributed by atoms with Crippen LogP contribution >= 0.6 is 0 Å². The maximum absolute atomic E-state index is 11.8. The van der Waals surface area contributed by atoms with Crippen LogP contribution in [0.3, 0.4) is 0 Å². The van der Waals surface area contributed by atoms with E-state index in [0.717, 1.165) is 31.4 Å². The molecule has 0 atom stereocenters. The molecule has 0 fully saturated rings. The van der Waals surface area contributed by atoms with Crippen LogP contribution in [0.15, 0.2) is 24.3 Å². The molecule has 0 aliphatic carbocycles. The minimum absolute atomic E-state index is 0.0149. The van der Waals surface area contributed by atoms with Gasteiger partial charge in [-0.2, -0.15) is 0 Å². The number of carbonyl (C=O) groups is 2. The lowest BCUT2D eigenvalue weighted by Gasteiger charge is -2.21. The Bertz CT molecular complexity index is 486. The number of aryl methyl sites for hydroxylation is 1. The van der Waals surface area contributed by atoms with E-state index in [4.69, 9.17) is 4.74 Å². The van der Waals surface area contributed by atoms with E-state index in [-0.39, 0.29) is 18.4 Å². The Balaban J connectivity index is 2.23. The number of hydrogen-bond acceptors (Lipinski definition) is 3. The summed E-state index contributed by atoms with van der Waals surface area (Å²) in [7, 11) is 0. The minimum Gasteiger partial charge on any atom is -0.484 e. The van der Waals surface area contributed by atoms with E-state index in [1.807, 2.05) is 31.2 Å². The number of unbranched alkanes of at least 4 members (excludes halogenated alkanes) is 2. The summed E-state index contributed by atoms with van der Waals surface area (Å²) in [6, 6.07) is 7.56. The molecule has 0 bridgehead atoms. The molecule has 1 N–H and O–H groups in total. The highest BCUT2D eigenvalue weighted by Gasteiger charge is 2.09. The Morgan fingerprint density at radius 2 is 1.83 bits per heavy atom. The molecule has 0 radical (unpaired) electrons. The van der Waals surface area contributed by atoms with Crippen LogP contribution in [-0.4, -0.2) is 43.0 Å². The highest BCUT2D eigenvalue weighted by atomic mass is 16.5. The van der Waals surface area contributed by atoms with Gasteiger partial charge >= 0.3 is 0 Å². The number of ether oxygens (including phenoxy) is 1. The summed E-state index contributed by atoms with van der Waals surface area (Å²) in [6.07, 6.45) is 3.24. The molecule has 0 saturated heterocycles. The van der Waals surface area contributed by atoms with Crippen molar-refractivity contribution < 1.29 is 14.3 Å². The first kappa shape index (κ1) is 19.0. The van der Waals surface area contributed by atoms with Crippen molar-refractivity contribution in [2.75, 3.05) is 26.2 Å². The van der Waals surface area contributed by atoms with Gasteiger partial charge in [0, 0.05) is 26.6 Å². The molecule has 1 rings (SSSR count). The second-order valence-electron chi connectivity index (χ2n) is 5.66. The first-order chi connectivity index (χ1) is 11.0. The quantitative estimate of drug-likeness (QED) is 0.674. The van der Waals surface area contributed by atoms with Gasteiger partial charge in [0.2, 0.25) is 5.91 Å². The SMILES string of the molecule is CCCCCN(CCNC(=O)COc1ccc(C)cc1)C(C)=O. The van der Waals surface area contributed by atoms with Crippen LogP contribution in [-0.2, 0) is 9.59 Å². The lowest BCUT2D eigenvalue weighted by Crippen LogP contribution is -2.39. The van der Waals surface area contributed by atoms with Crippen molar-refractivity contribution in [3.63, 3.8) is 0 Å². The summed E-state index contributed by atoms with van der Waals surface area (Å²) in [6.45, 7) is 7.41. The van der Waals surface area contributed by atoms with E-state index >= 15 is 0 Å². The zero-order valence-electron chi connectivity index (χ0n) is 14.4. The third-order valence-corrected chi connectivity index (χ3v) is 3.57. The van der Waals surface area contributed by atoms with E-state index in [0.29, 0.717) is 18.8 Å². The van der Waals surface area contributed by atoms with Gasteiger partial charge in [0.25, 0.3) is 5.91 Å². The molecule has 0 unspecified atom stereocenters. The lowest BCUT2D eigenvalue weighted by molar-refractivity contribution is -0.129. The van der Waals surface area contributed by atoms with Gasteiger partial charge in [-0.15, -0.1) is 0 Å². The van der Waals surface area contributed by atoms with Crippen LogP contribution in [0, 0.1) is 6.92 Å². The van der Waals surface area contributed by atoms with Crippen LogP contribution in [0.5, 0.6) is 5.75 Å². The fourth-order valence-corrected chi connectivity index (χ4v) is 2.14. The molecule has 2 amide bonds. The molecule has 0 aromatic heterocycles. The largest absolute Gasteiger partial charge is 0.484 e. The maximum Gasteiger partial charge on any atom is 0.258 e. The van der Waals surface area contributed by atoms with Crippen molar-refractivity contribution in [2.24, 2.45) is 0 Å². The summed E-state index contributed by atoms with van der Waals surface area (Å²) < 4.78 is 5.41. The fraction of sp³-hybridized carbons (Fsp3) is 0.556. The molecule has 0 aliphatic rings. The van der Waals surface area contributed by atoms with Gasteiger partial charge in [-0.05, 0) is 25.5 Å². The van der Waals surface area contributed by atoms with Gasteiger partial charge in [-0.25, -0.2) is 0 Å². The van der Waals surface area contributed by atoms with Crippen molar-refractivity contribution >= 4 is 11.8 Å². The zero-order valence-corrected chi connectivity index (χ0v) is 14.4. The molecule has 128 valence electrons. The summed E-state index contributed by atoms with van der Waals surface area (Å²) in [5.41, 5.74) is 1.15. The van der Waals surface area contributed by atoms with E-state index in [1.165, 1.54) is 0 Å². The first-order valence-corrected chi connectivity index (χ1v) is 8.24. The first-order valence-electron chi connectivity index (χ1n) is 8.24. The molecule has 5 heteroatoms. The summed E-state index contributed by atoms with van der Waals surface area (Å²) in [5.74, 6) is 0.546. The van der Waals surface area contributed by atoms with E-state index < -0.39 is 0 Å². The topological polar surface area (TPSA) is 58.6 Å². The van der Waals surface area contributed by atoms with Gasteiger partial charge in [0.05, 0.1) is 0 Å². The standard InChI is InChI=1S/C18H28N2O3/c1-4-5-6-12-20(16(3)21)13-11-19-18(22)14-23-17-9-7-15(2)8-10-17/h7-10H,4-6,11-14H2,1-3H3,(H,19,22). The number of carbonyl (C=O) groups excluding carboxylic acids is 2. The van der Waals surface area contributed by atoms with Crippen LogP contribution < -0.4 is 10.1 Å². The van der Waals surface area contributed by atoms with Crippen molar-refractivity contribution in [1.82, 2.24) is 10.2 Å². The van der Waals surface area contributed by atoms with Gasteiger partial charge in [0.1, 0.15) is 5.75 Å². The molecule has 1 aromatic carbocycles. The molecule has 23 heavy (non-hydrogen) atoms. The van der Waals surface area contributed by atoms with E-state index in [9.17, 15) is 9.59 Å². The number of rotatable bonds is 10. The number of benzene rings is 1. The van der Waals surface area contributed by atoms with Crippen molar-refractivity contribution in [1.29, 1.82) is 0 Å². The monoisotopic (exact) mass is 320 g/mol. The molecule has 1 aromatic rings. The predicted octanol–water partition coefficient (Wildman–Crippen LogP) is 2.53. The molecule has 0 spiro atoms. The average molecular weight is 320 g/mol. The van der Waals surface area contributed by atoms with E-state index in [1.54, 1.807) is 11.8 Å². The summed E-state index contributed by atoms with van der Waals surface area (Å²) in [5, 5.41) is 2.78. The van der Waals surface area contributed by atoms with Crippen LogP contribution in [0.1, 0.15) is 38.7 Å². The number of hydrogen-bond donors (Lipinski definition) is 1. The van der Waals surface area contributed by atoms with Gasteiger partial charge in [-0.1, -0.05) is 37.5 Å². The molecule has 0 aliphatic heterocycles. The minimum atomic E-state index is -0.178. The lowest BCUT2D eigenvalue weighted by atomic mass is 10.2. The Morgan fingerprint density at radius 3 is 2.43 bits per heavy atom. The Hall–Kier alpha value is -2.04. The van der Waals surface area contributed by atoms with Crippen molar-refractivity contribution in [3.05, 3.63) is 29.8 Å².